The van der Waals surface area contributed by atoms with E-state index in [0.717, 1.165) is 16.7 Å². The third-order valence-electron chi connectivity index (χ3n) is 3.16. The molecular formula is C17H26O2. The maximum Gasteiger partial charge on any atom is 0.338 e. The van der Waals surface area contributed by atoms with E-state index in [2.05, 4.69) is 41.5 Å². The van der Waals surface area contributed by atoms with Gasteiger partial charge in [0.2, 0.25) is 0 Å². The summed E-state index contributed by atoms with van der Waals surface area (Å²) in [5, 5.41) is 0. The molecule has 2 nitrogen and oxygen atoms in total. The van der Waals surface area contributed by atoms with Gasteiger partial charge in [-0.1, -0.05) is 59.7 Å². The maximum absolute atomic E-state index is 12.4. The zero-order chi connectivity index (χ0) is 14.8. The Morgan fingerprint density at radius 1 is 1.00 bits per heavy atom. The highest BCUT2D eigenvalue weighted by Gasteiger charge is 2.29. The number of hydrogen-bond acceptors (Lipinski definition) is 2. The average molecular weight is 262 g/mol. The summed E-state index contributed by atoms with van der Waals surface area (Å²) in [6, 6.07) is 6.09. The van der Waals surface area contributed by atoms with Gasteiger partial charge in [0.15, 0.2) is 0 Å². The third kappa shape index (κ3) is 3.59. The van der Waals surface area contributed by atoms with Crippen LogP contribution in [-0.2, 0) is 15.6 Å². The minimum Gasteiger partial charge on any atom is -0.462 e. The van der Waals surface area contributed by atoms with Crippen LogP contribution in [0.15, 0.2) is 18.2 Å². The highest BCUT2D eigenvalue weighted by atomic mass is 16.5. The molecule has 0 aliphatic rings. The molecule has 0 spiro atoms. The normalized spacial score (nSPS) is 12.4. The quantitative estimate of drug-likeness (QED) is 0.736. The van der Waals surface area contributed by atoms with Gasteiger partial charge >= 0.3 is 5.97 Å². The van der Waals surface area contributed by atoms with Crippen LogP contribution in [0.3, 0.4) is 0 Å². The summed E-state index contributed by atoms with van der Waals surface area (Å²) in [6.45, 7) is 15.0. The Balaban J connectivity index is 3.55. The predicted molar refractivity (Wildman–Crippen MR) is 79.8 cm³/mol. The van der Waals surface area contributed by atoms with Gasteiger partial charge in [-0.15, -0.1) is 0 Å². The van der Waals surface area contributed by atoms with Crippen molar-refractivity contribution in [3.63, 3.8) is 0 Å². The van der Waals surface area contributed by atoms with Crippen molar-refractivity contribution in [3.8, 4) is 0 Å². The SMILES string of the molecule is CCOC(=O)c1c(C(C)(C)C)cccc1C(C)(C)C. The van der Waals surface area contributed by atoms with Crippen molar-refractivity contribution in [1.29, 1.82) is 0 Å². The van der Waals surface area contributed by atoms with E-state index in [0.29, 0.717) is 6.61 Å². The number of benzene rings is 1. The number of rotatable bonds is 2. The molecule has 0 fully saturated rings. The lowest BCUT2D eigenvalue weighted by molar-refractivity contribution is 0.0520. The molecule has 0 aromatic heterocycles. The molecule has 0 N–H and O–H groups in total. The molecular weight excluding hydrogens is 236 g/mol. The van der Waals surface area contributed by atoms with Crippen molar-refractivity contribution in [3.05, 3.63) is 34.9 Å². The largest absolute Gasteiger partial charge is 0.462 e. The number of hydrogen-bond donors (Lipinski definition) is 0. The number of carbonyl (C=O) groups excluding carboxylic acids is 1. The van der Waals surface area contributed by atoms with Crippen LogP contribution in [-0.4, -0.2) is 12.6 Å². The van der Waals surface area contributed by atoms with Gasteiger partial charge in [-0.2, -0.15) is 0 Å². The molecule has 0 unspecified atom stereocenters. The van der Waals surface area contributed by atoms with E-state index in [4.69, 9.17) is 4.74 Å². The summed E-state index contributed by atoms with van der Waals surface area (Å²) in [5.41, 5.74) is 2.69. The van der Waals surface area contributed by atoms with Crippen molar-refractivity contribution in [2.24, 2.45) is 0 Å². The zero-order valence-electron chi connectivity index (χ0n) is 13.3. The van der Waals surface area contributed by atoms with Crippen molar-refractivity contribution in [2.45, 2.75) is 59.3 Å². The second-order valence-electron chi connectivity index (χ2n) is 6.95. The van der Waals surface area contributed by atoms with Crippen molar-refractivity contribution < 1.29 is 9.53 Å². The highest BCUT2D eigenvalue weighted by molar-refractivity contribution is 5.93. The molecule has 0 saturated carbocycles. The number of carbonyl (C=O) groups is 1. The Bertz CT molecular complexity index is 427. The lowest BCUT2D eigenvalue weighted by atomic mass is 9.76. The number of esters is 1. The van der Waals surface area contributed by atoms with E-state index in [9.17, 15) is 4.79 Å². The van der Waals surface area contributed by atoms with Crippen LogP contribution in [0.1, 0.15) is 70.0 Å². The highest BCUT2D eigenvalue weighted by Crippen LogP contribution is 2.34. The Kier molecular flexibility index (Phi) is 4.44. The first kappa shape index (κ1) is 15.7. The van der Waals surface area contributed by atoms with E-state index >= 15 is 0 Å². The fraction of sp³-hybridized carbons (Fsp3) is 0.588. The molecule has 19 heavy (non-hydrogen) atoms. The first-order valence-electron chi connectivity index (χ1n) is 6.90. The van der Waals surface area contributed by atoms with E-state index < -0.39 is 0 Å². The first-order chi connectivity index (χ1) is 8.59. The molecule has 0 aliphatic heterocycles. The summed E-state index contributed by atoms with van der Waals surface area (Å²) in [6.07, 6.45) is 0. The Morgan fingerprint density at radius 2 is 1.42 bits per heavy atom. The molecule has 0 bridgehead atoms. The van der Waals surface area contributed by atoms with Gasteiger partial charge in [0.25, 0.3) is 0 Å². The molecule has 1 aromatic rings. The van der Waals surface area contributed by atoms with Gasteiger partial charge < -0.3 is 4.74 Å². The monoisotopic (exact) mass is 262 g/mol. The Labute approximate surface area is 117 Å². The molecule has 0 amide bonds. The van der Waals surface area contributed by atoms with Crippen molar-refractivity contribution in [2.75, 3.05) is 6.61 Å². The fourth-order valence-corrected chi connectivity index (χ4v) is 2.23. The summed E-state index contributed by atoms with van der Waals surface area (Å²) in [5.74, 6) is -0.210. The van der Waals surface area contributed by atoms with E-state index in [1.165, 1.54) is 0 Å². The molecule has 0 atom stereocenters. The lowest BCUT2D eigenvalue weighted by Gasteiger charge is -2.28. The standard InChI is InChI=1S/C17H26O2/c1-8-19-15(18)14-12(16(2,3)4)10-9-11-13(14)17(5,6)7/h9-11H,8H2,1-7H3. The molecule has 0 radical (unpaired) electrons. The third-order valence-corrected chi connectivity index (χ3v) is 3.16. The average Bonchev–Trinajstić information content (AvgIpc) is 2.26. The second-order valence-corrected chi connectivity index (χ2v) is 6.95. The molecule has 106 valence electrons. The summed E-state index contributed by atoms with van der Waals surface area (Å²) in [7, 11) is 0. The van der Waals surface area contributed by atoms with Crippen molar-refractivity contribution >= 4 is 5.97 Å². The van der Waals surface area contributed by atoms with Gasteiger partial charge in [0, 0.05) is 0 Å². The minimum absolute atomic E-state index is 0.0800. The molecule has 0 aliphatic carbocycles. The van der Waals surface area contributed by atoms with Gasteiger partial charge in [-0.3, -0.25) is 0 Å². The second kappa shape index (κ2) is 5.36. The van der Waals surface area contributed by atoms with Gasteiger partial charge in [0.05, 0.1) is 12.2 Å². The topological polar surface area (TPSA) is 26.3 Å². The van der Waals surface area contributed by atoms with Crippen LogP contribution in [0.4, 0.5) is 0 Å². The van der Waals surface area contributed by atoms with Crippen LogP contribution in [0.25, 0.3) is 0 Å². The molecule has 2 heteroatoms. The predicted octanol–water partition coefficient (Wildman–Crippen LogP) is 4.46. The number of ether oxygens (including phenoxy) is 1. The van der Waals surface area contributed by atoms with Crippen LogP contribution in [0.2, 0.25) is 0 Å². The van der Waals surface area contributed by atoms with E-state index in [1.54, 1.807) is 0 Å². The molecule has 0 saturated heterocycles. The van der Waals surface area contributed by atoms with Crippen LogP contribution in [0, 0.1) is 0 Å². The summed E-state index contributed by atoms with van der Waals surface area (Å²) < 4.78 is 5.26. The molecule has 0 heterocycles. The van der Waals surface area contributed by atoms with Gasteiger partial charge in [-0.25, -0.2) is 4.79 Å². The van der Waals surface area contributed by atoms with Crippen LogP contribution >= 0.6 is 0 Å². The first-order valence-corrected chi connectivity index (χ1v) is 6.90. The fourth-order valence-electron chi connectivity index (χ4n) is 2.23. The maximum atomic E-state index is 12.4. The smallest absolute Gasteiger partial charge is 0.338 e. The van der Waals surface area contributed by atoms with Crippen LogP contribution < -0.4 is 0 Å². The van der Waals surface area contributed by atoms with E-state index in [1.807, 2.05) is 25.1 Å². The molecule has 1 rings (SSSR count). The van der Waals surface area contributed by atoms with Crippen molar-refractivity contribution in [1.82, 2.24) is 0 Å². The minimum atomic E-state index is -0.210. The Hall–Kier alpha value is -1.31. The molecule has 1 aromatic carbocycles. The Morgan fingerprint density at radius 3 is 1.74 bits per heavy atom. The van der Waals surface area contributed by atoms with Gasteiger partial charge in [-0.05, 0) is 28.9 Å². The lowest BCUT2D eigenvalue weighted by Crippen LogP contribution is -2.24. The van der Waals surface area contributed by atoms with E-state index in [-0.39, 0.29) is 16.8 Å². The summed E-state index contributed by atoms with van der Waals surface area (Å²) in [4.78, 5) is 12.4. The van der Waals surface area contributed by atoms with Gasteiger partial charge in [0.1, 0.15) is 0 Å². The van der Waals surface area contributed by atoms with Crippen LogP contribution in [0.5, 0.6) is 0 Å². The zero-order valence-corrected chi connectivity index (χ0v) is 13.3. The summed E-state index contributed by atoms with van der Waals surface area (Å²) >= 11 is 0.